The first-order chi connectivity index (χ1) is 8.29. The summed E-state index contributed by atoms with van der Waals surface area (Å²) in [4.78, 5) is 4.44. The fourth-order valence-corrected chi connectivity index (χ4v) is 2.32. The molecule has 2 atom stereocenters. The van der Waals surface area contributed by atoms with Crippen LogP contribution in [0.2, 0.25) is 0 Å². The average Bonchev–Trinajstić information content (AvgIpc) is 2.93. The van der Waals surface area contributed by atoms with E-state index >= 15 is 0 Å². The fourth-order valence-electron chi connectivity index (χ4n) is 2.32. The van der Waals surface area contributed by atoms with E-state index in [-0.39, 0.29) is 0 Å². The minimum absolute atomic E-state index is 0.493. The maximum atomic E-state index is 5.33. The zero-order valence-corrected chi connectivity index (χ0v) is 10.4. The van der Waals surface area contributed by atoms with Gasteiger partial charge in [-0.2, -0.15) is 4.98 Å². The van der Waals surface area contributed by atoms with Crippen LogP contribution in [0.25, 0.3) is 0 Å². The topological polar surface area (TPSA) is 74.2 Å². The molecule has 0 aliphatic heterocycles. The van der Waals surface area contributed by atoms with Gasteiger partial charge in [0, 0.05) is 12.5 Å². The van der Waals surface area contributed by atoms with Crippen LogP contribution in [0, 0.1) is 5.92 Å². The smallest absolute Gasteiger partial charge is 0.228 e. The Morgan fingerprint density at radius 3 is 3.00 bits per heavy atom. The number of aromatic nitrogens is 2. The molecule has 1 aromatic heterocycles. The highest BCUT2D eigenvalue weighted by molar-refractivity contribution is 4.99. The van der Waals surface area contributed by atoms with Crippen molar-refractivity contribution in [3.05, 3.63) is 11.7 Å². The van der Waals surface area contributed by atoms with Crippen LogP contribution in [-0.4, -0.2) is 29.9 Å². The highest BCUT2D eigenvalue weighted by Gasteiger charge is 2.26. The van der Waals surface area contributed by atoms with Crippen molar-refractivity contribution in [3.8, 4) is 0 Å². The molecule has 1 heterocycles. The van der Waals surface area contributed by atoms with Gasteiger partial charge in [-0.1, -0.05) is 12.1 Å². The van der Waals surface area contributed by atoms with Gasteiger partial charge in [-0.25, -0.2) is 0 Å². The summed E-state index contributed by atoms with van der Waals surface area (Å²) in [6.45, 7) is 4.01. The van der Waals surface area contributed by atoms with E-state index in [2.05, 4.69) is 17.1 Å². The summed E-state index contributed by atoms with van der Waals surface area (Å²) < 4.78 is 10.5. The van der Waals surface area contributed by atoms with E-state index in [1.165, 1.54) is 19.3 Å². The Morgan fingerprint density at radius 2 is 2.29 bits per heavy atom. The predicted molar refractivity (Wildman–Crippen MR) is 63.6 cm³/mol. The molecule has 5 nitrogen and oxygen atoms in total. The van der Waals surface area contributed by atoms with Crippen LogP contribution in [0.1, 0.15) is 43.8 Å². The number of rotatable bonds is 6. The lowest BCUT2D eigenvalue weighted by Gasteiger charge is -2.01. The molecule has 2 unspecified atom stereocenters. The van der Waals surface area contributed by atoms with Crippen LogP contribution in [0.3, 0.4) is 0 Å². The third-order valence-corrected chi connectivity index (χ3v) is 3.27. The predicted octanol–water partition coefficient (Wildman–Crippen LogP) is 1.49. The van der Waals surface area contributed by atoms with Crippen molar-refractivity contribution < 1.29 is 9.26 Å². The molecule has 1 aliphatic carbocycles. The molecule has 1 aliphatic rings. The van der Waals surface area contributed by atoms with E-state index < -0.39 is 0 Å². The van der Waals surface area contributed by atoms with Crippen molar-refractivity contribution in [3.63, 3.8) is 0 Å². The molecule has 17 heavy (non-hydrogen) atoms. The minimum atomic E-state index is 0.493. The van der Waals surface area contributed by atoms with Crippen LogP contribution >= 0.6 is 0 Å². The Hall–Kier alpha value is -0.940. The monoisotopic (exact) mass is 239 g/mol. The van der Waals surface area contributed by atoms with Gasteiger partial charge >= 0.3 is 0 Å². The second-order valence-electron chi connectivity index (χ2n) is 4.81. The molecule has 1 fully saturated rings. The lowest BCUT2D eigenvalue weighted by molar-refractivity contribution is 0.138. The first-order valence-electron chi connectivity index (χ1n) is 6.40. The van der Waals surface area contributed by atoms with Gasteiger partial charge in [0.1, 0.15) is 0 Å². The molecular weight excluding hydrogens is 218 g/mol. The first-order valence-corrected chi connectivity index (χ1v) is 6.40. The number of nitrogens with two attached hydrogens (primary N) is 1. The van der Waals surface area contributed by atoms with Crippen LogP contribution in [0.15, 0.2) is 4.52 Å². The summed E-state index contributed by atoms with van der Waals surface area (Å²) in [5, 5.41) is 4.07. The van der Waals surface area contributed by atoms with Gasteiger partial charge < -0.3 is 15.0 Å². The van der Waals surface area contributed by atoms with Crippen molar-refractivity contribution in [1.29, 1.82) is 0 Å². The van der Waals surface area contributed by atoms with Gasteiger partial charge in [0.05, 0.1) is 19.6 Å². The third kappa shape index (κ3) is 3.51. The highest BCUT2D eigenvalue weighted by atomic mass is 16.5. The molecule has 0 amide bonds. The molecule has 1 aromatic rings. The van der Waals surface area contributed by atoms with Gasteiger partial charge in [0.25, 0.3) is 0 Å². The Kier molecular flexibility index (Phi) is 4.50. The molecule has 0 spiro atoms. The van der Waals surface area contributed by atoms with E-state index in [0.717, 1.165) is 11.7 Å². The van der Waals surface area contributed by atoms with E-state index in [4.69, 9.17) is 15.0 Å². The molecule has 0 aromatic carbocycles. The van der Waals surface area contributed by atoms with Gasteiger partial charge in [-0.15, -0.1) is 0 Å². The lowest BCUT2D eigenvalue weighted by atomic mass is 10.1. The van der Waals surface area contributed by atoms with E-state index in [0.29, 0.717) is 38.0 Å². The average molecular weight is 239 g/mol. The quantitative estimate of drug-likeness (QED) is 0.761. The van der Waals surface area contributed by atoms with E-state index in [1.807, 2.05) is 0 Å². The Bertz CT molecular complexity index is 340. The van der Waals surface area contributed by atoms with Gasteiger partial charge in [-0.05, 0) is 25.2 Å². The normalized spacial score (nSPS) is 24.4. The molecular formula is C12H21N3O2. The van der Waals surface area contributed by atoms with Gasteiger partial charge in [-0.3, -0.25) is 0 Å². The molecule has 1 saturated carbocycles. The fraction of sp³-hybridized carbons (Fsp3) is 0.833. The summed E-state index contributed by atoms with van der Waals surface area (Å²) in [7, 11) is 0. The summed E-state index contributed by atoms with van der Waals surface area (Å²) in [5.74, 6) is 2.84. The van der Waals surface area contributed by atoms with Gasteiger partial charge in [0.15, 0.2) is 5.82 Å². The Balaban J connectivity index is 1.79. The van der Waals surface area contributed by atoms with Crippen molar-refractivity contribution >= 4 is 0 Å². The maximum Gasteiger partial charge on any atom is 0.228 e. The molecule has 96 valence electrons. The zero-order valence-electron chi connectivity index (χ0n) is 10.4. The van der Waals surface area contributed by atoms with Crippen LogP contribution in [0.4, 0.5) is 0 Å². The minimum Gasteiger partial charge on any atom is -0.380 e. The molecule has 0 saturated heterocycles. The number of hydrogen-bond donors (Lipinski definition) is 1. The van der Waals surface area contributed by atoms with Gasteiger partial charge in [0.2, 0.25) is 5.89 Å². The molecule has 5 heteroatoms. The highest BCUT2D eigenvalue weighted by Crippen LogP contribution is 2.36. The summed E-state index contributed by atoms with van der Waals surface area (Å²) in [6, 6.07) is 0. The van der Waals surface area contributed by atoms with E-state index in [1.54, 1.807) is 0 Å². The van der Waals surface area contributed by atoms with Crippen molar-refractivity contribution in [1.82, 2.24) is 10.1 Å². The van der Waals surface area contributed by atoms with Crippen molar-refractivity contribution in [2.45, 2.75) is 38.5 Å². The van der Waals surface area contributed by atoms with Crippen LogP contribution in [0.5, 0.6) is 0 Å². The summed E-state index contributed by atoms with van der Waals surface area (Å²) in [5.41, 5.74) is 5.33. The van der Waals surface area contributed by atoms with Crippen molar-refractivity contribution in [2.75, 3.05) is 19.8 Å². The zero-order chi connectivity index (χ0) is 12.1. The second kappa shape index (κ2) is 6.12. The summed E-state index contributed by atoms with van der Waals surface area (Å²) >= 11 is 0. The molecule has 2 rings (SSSR count). The number of ether oxygens (including phenoxy) is 1. The molecule has 2 N–H and O–H groups in total. The third-order valence-electron chi connectivity index (χ3n) is 3.27. The molecule has 0 bridgehead atoms. The maximum absolute atomic E-state index is 5.33. The summed E-state index contributed by atoms with van der Waals surface area (Å²) in [6.07, 6.45) is 4.32. The SMILES string of the molecule is CC1CCC(c2noc(CCOCCN)n2)C1. The molecule has 0 radical (unpaired) electrons. The number of hydrogen-bond acceptors (Lipinski definition) is 5. The van der Waals surface area contributed by atoms with Crippen LogP contribution in [-0.2, 0) is 11.2 Å². The number of nitrogens with zero attached hydrogens (tertiary/aromatic N) is 2. The first kappa shape index (κ1) is 12.5. The lowest BCUT2D eigenvalue weighted by Crippen LogP contribution is -2.10. The Morgan fingerprint density at radius 1 is 1.41 bits per heavy atom. The Labute approximate surface area is 102 Å². The van der Waals surface area contributed by atoms with E-state index in [9.17, 15) is 0 Å². The standard InChI is InChI=1S/C12H21N3O2/c1-9-2-3-10(8-9)12-14-11(17-15-12)4-6-16-7-5-13/h9-10H,2-8,13H2,1H3. The van der Waals surface area contributed by atoms with Crippen LogP contribution < -0.4 is 5.73 Å². The largest absolute Gasteiger partial charge is 0.380 e. The van der Waals surface area contributed by atoms with Crippen molar-refractivity contribution in [2.24, 2.45) is 11.7 Å². The second-order valence-corrected chi connectivity index (χ2v) is 4.81.